The zero-order valence-electron chi connectivity index (χ0n) is 15.2. The highest BCUT2D eigenvalue weighted by atomic mass is 16.5. The Labute approximate surface area is 140 Å². The van der Waals surface area contributed by atoms with Crippen molar-refractivity contribution in [1.29, 1.82) is 0 Å². The van der Waals surface area contributed by atoms with Crippen LogP contribution in [0, 0.1) is 11.3 Å². The first-order valence-electron chi connectivity index (χ1n) is 9.03. The van der Waals surface area contributed by atoms with Gasteiger partial charge in [0.15, 0.2) is 0 Å². The first-order chi connectivity index (χ1) is 10.9. The summed E-state index contributed by atoms with van der Waals surface area (Å²) in [5, 5.41) is 0. The Bertz CT molecular complexity index is 615. The van der Waals surface area contributed by atoms with Crippen LogP contribution >= 0.6 is 0 Å². The number of methoxy groups -OCH3 is 1. The van der Waals surface area contributed by atoms with Crippen LogP contribution in [0.1, 0.15) is 76.0 Å². The predicted molar refractivity (Wildman–Crippen MR) is 94.3 cm³/mol. The van der Waals surface area contributed by atoms with Gasteiger partial charge in [0, 0.05) is 0 Å². The fourth-order valence-electron chi connectivity index (χ4n) is 5.27. The zero-order valence-corrected chi connectivity index (χ0v) is 15.2. The second kappa shape index (κ2) is 5.65. The first kappa shape index (κ1) is 16.5. The summed E-state index contributed by atoms with van der Waals surface area (Å²) in [6.45, 7) is 9.10. The lowest BCUT2D eigenvalue weighted by atomic mass is 9.50. The normalized spacial score (nSPS) is 28.9. The Kier molecular flexibility index (Phi) is 4.06. The van der Waals surface area contributed by atoms with Gasteiger partial charge in [0.2, 0.25) is 0 Å². The van der Waals surface area contributed by atoms with Crippen LogP contribution in [0.2, 0.25) is 0 Å². The molecule has 1 aromatic rings. The number of benzene rings is 1. The van der Waals surface area contributed by atoms with Gasteiger partial charge in [0.05, 0.1) is 12.5 Å². The van der Waals surface area contributed by atoms with Crippen molar-refractivity contribution in [2.24, 2.45) is 11.3 Å². The zero-order chi connectivity index (χ0) is 16.8. The topological polar surface area (TPSA) is 26.3 Å². The Morgan fingerprint density at radius 3 is 2.61 bits per heavy atom. The van der Waals surface area contributed by atoms with Gasteiger partial charge in [-0.1, -0.05) is 40.2 Å². The fourth-order valence-corrected chi connectivity index (χ4v) is 5.27. The molecular weight excluding hydrogens is 284 g/mol. The Morgan fingerprint density at radius 1 is 1.26 bits per heavy atom. The SMILES string of the molecule is COc1cc2c(cc1C(C)C)CC[C@H]1C(C)(C)CCC[C@]21C=O. The number of ether oxygens (including phenoxy) is 1. The van der Waals surface area contributed by atoms with Crippen LogP contribution in [0.5, 0.6) is 5.75 Å². The summed E-state index contributed by atoms with van der Waals surface area (Å²) in [6, 6.07) is 4.49. The molecule has 0 N–H and O–H groups in total. The van der Waals surface area contributed by atoms with E-state index in [0.29, 0.717) is 11.8 Å². The highest BCUT2D eigenvalue weighted by molar-refractivity contribution is 5.73. The van der Waals surface area contributed by atoms with Crippen LogP contribution in [-0.4, -0.2) is 13.4 Å². The van der Waals surface area contributed by atoms with E-state index in [2.05, 4.69) is 39.8 Å². The van der Waals surface area contributed by atoms with Gasteiger partial charge in [-0.05, 0) is 65.7 Å². The maximum absolute atomic E-state index is 12.3. The molecule has 2 atom stereocenters. The van der Waals surface area contributed by atoms with Crippen molar-refractivity contribution in [2.45, 2.75) is 71.1 Å². The monoisotopic (exact) mass is 314 g/mol. The maximum Gasteiger partial charge on any atom is 0.130 e. The molecule has 0 saturated heterocycles. The fraction of sp³-hybridized carbons (Fsp3) is 0.667. The molecule has 0 radical (unpaired) electrons. The van der Waals surface area contributed by atoms with E-state index in [9.17, 15) is 4.79 Å². The molecule has 2 nitrogen and oxygen atoms in total. The Hall–Kier alpha value is -1.31. The van der Waals surface area contributed by atoms with Crippen molar-refractivity contribution in [2.75, 3.05) is 7.11 Å². The molecule has 0 aromatic heterocycles. The molecule has 0 bridgehead atoms. The quantitative estimate of drug-likeness (QED) is 0.732. The summed E-state index contributed by atoms with van der Waals surface area (Å²) in [6.07, 6.45) is 6.83. The average molecular weight is 314 g/mol. The number of hydrogen-bond donors (Lipinski definition) is 0. The van der Waals surface area contributed by atoms with Crippen LogP contribution in [0.25, 0.3) is 0 Å². The molecule has 126 valence electrons. The molecule has 0 unspecified atom stereocenters. The van der Waals surface area contributed by atoms with Crippen molar-refractivity contribution in [3.05, 3.63) is 28.8 Å². The van der Waals surface area contributed by atoms with E-state index in [0.717, 1.165) is 31.4 Å². The average Bonchev–Trinajstić information content (AvgIpc) is 2.52. The van der Waals surface area contributed by atoms with Gasteiger partial charge in [0.25, 0.3) is 0 Å². The van der Waals surface area contributed by atoms with E-state index in [1.807, 2.05) is 0 Å². The van der Waals surface area contributed by atoms with Crippen LogP contribution < -0.4 is 4.74 Å². The van der Waals surface area contributed by atoms with Gasteiger partial charge in [-0.2, -0.15) is 0 Å². The third kappa shape index (κ3) is 2.42. The number of carbonyl (C=O) groups excluding carboxylic acids is 1. The molecule has 2 aliphatic rings. The summed E-state index contributed by atoms with van der Waals surface area (Å²) in [5.74, 6) is 1.83. The van der Waals surface area contributed by atoms with Gasteiger partial charge < -0.3 is 9.53 Å². The molecule has 3 rings (SSSR count). The number of carbonyl (C=O) groups is 1. The van der Waals surface area contributed by atoms with Crippen molar-refractivity contribution in [3.63, 3.8) is 0 Å². The Balaban J connectivity index is 2.19. The molecule has 23 heavy (non-hydrogen) atoms. The van der Waals surface area contributed by atoms with E-state index < -0.39 is 0 Å². The van der Waals surface area contributed by atoms with Crippen LogP contribution in [-0.2, 0) is 16.6 Å². The molecule has 2 aliphatic carbocycles. The summed E-state index contributed by atoms with van der Waals surface area (Å²) < 4.78 is 5.68. The lowest BCUT2D eigenvalue weighted by molar-refractivity contribution is -0.119. The Morgan fingerprint density at radius 2 is 2.00 bits per heavy atom. The van der Waals surface area contributed by atoms with Gasteiger partial charge in [-0.3, -0.25) is 0 Å². The summed E-state index contributed by atoms with van der Waals surface area (Å²) in [5.41, 5.74) is 3.81. The second-order valence-electron chi connectivity index (χ2n) is 8.50. The van der Waals surface area contributed by atoms with Crippen LogP contribution in [0.4, 0.5) is 0 Å². The summed E-state index contributed by atoms with van der Waals surface area (Å²) in [7, 11) is 1.74. The molecule has 1 saturated carbocycles. The van der Waals surface area contributed by atoms with Crippen molar-refractivity contribution in [3.8, 4) is 5.75 Å². The molecule has 0 aliphatic heterocycles. The molecule has 0 amide bonds. The first-order valence-corrected chi connectivity index (χ1v) is 9.03. The van der Waals surface area contributed by atoms with Gasteiger partial charge in [-0.25, -0.2) is 0 Å². The number of rotatable bonds is 3. The molecular formula is C21H30O2. The predicted octanol–water partition coefficient (Wildman–Crippen LogP) is 5.03. The molecule has 2 heteroatoms. The smallest absolute Gasteiger partial charge is 0.130 e. The summed E-state index contributed by atoms with van der Waals surface area (Å²) >= 11 is 0. The maximum atomic E-state index is 12.3. The summed E-state index contributed by atoms with van der Waals surface area (Å²) in [4.78, 5) is 12.3. The minimum Gasteiger partial charge on any atom is -0.496 e. The lowest BCUT2D eigenvalue weighted by Crippen LogP contribution is -2.50. The van der Waals surface area contributed by atoms with Crippen LogP contribution in [0.3, 0.4) is 0 Å². The van der Waals surface area contributed by atoms with Gasteiger partial charge in [0.1, 0.15) is 12.0 Å². The highest BCUT2D eigenvalue weighted by Gasteiger charge is 2.52. The van der Waals surface area contributed by atoms with E-state index >= 15 is 0 Å². The third-order valence-corrected chi connectivity index (χ3v) is 6.47. The number of aldehydes is 1. The van der Waals surface area contributed by atoms with Gasteiger partial charge >= 0.3 is 0 Å². The minimum atomic E-state index is -0.307. The lowest BCUT2D eigenvalue weighted by Gasteiger charge is -2.53. The van der Waals surface area contributed by atoms with E-state index in [4.69, 9.17) is 4.74 Å². The van der Waals surface area contributed by atoms with Crippen molar-refractivity contribution in [1.82, 2.24) is 0 Å². The molecule has 0 heterocycles. The molecule has 1 fully saturated rings. The van der Waals surface area contributed by atoms with E-state index in [-0.39, 0.29) is 10.8 Å². The van der Waals surface area contributed by atoms with Crippen molar-refractivity contribution >= 4 is 6.29 Å². The minimum absolute atomic E-state index is 0.237. The van der Waals surface area contributed by atoms with E-state index in [1.165, 1.54) is 29.4 Å². The van der Waals surface area contributed by atoms with Crippen molar-refractivity contribution < 1.29 is 9.53 Å². The largest absolute Gasteiger partial charge is 0.496 e. The third-order valence-electron chi connectivity index (χ3n) is 6.47. The van der Waals surface area contributed by atoms with E-state index in [1.54, 1.807) is 7.11 Å². The number of fused-ring (bicyclic) bond motifs is 3. The van der Waals surface area contributed by atoms with Gasteiger partial charge in [-0.15, -0.1) is 0 Å². The number of aryl methyl sites for hydroxylation is 1. The van der Waals surface area contributed by atoms with Crippen LogP contribution in [0.15, 0.2) is 12.1 Å². The molecule has 0 spiro atoms. The highest BCUT2D eigenvalue weighted by Crippen LogP contribution is 2.57. The molecule has 1 aromatic carbocycles. The number of hydrogen-bond acceptors (Lipinski definition) is 2. The second-order valence-corrected chi connectivity index (χ2v) is 8.50. The standard InChI is InChI=1S/C21H30O2/c1-14(2)16-11-15-7-8-19-20(3,4)9-6-10-21(19,13-22)17(15)12-18(16)23-5/h11-14,19H,6-10H2,1-5H3/t19-,21-/m0/s1.